The number of rotatable bonds is 2. The van der Waals surface area contributed by atoms with E-state index in [0.29, 0.717) is 17.1 Å². The smallest absolute Gasteiger partial charge is 0.148 e. The first-order valence-corrected chi connectivity index (χ1v) is 6.93. The second kappa shape index (κ2) is 4.88. The molecule has 0 amide bonds. The van der Waals surface area contributed by atoms with Gasteiger partial charge in [-0.2, -0.15) is 11.8 Å². The monoisotopic (exact) mass is 270 g/mol. The number of hydrogen-bond donors (Lipinski definition) is 1. The van der Waals surface area contributed by atoms with Crippen molar-refractivity contribution in [3.05, 3.63) is 17.9 Å². The third-order valence-corrected chi connectivity index (χ3v) is 4.36. The summed E-state index contributed by atoms with van der Waals surface area (Å²) in [5.41, 5.74) is 6.61. The van der Waals surface area contributed by atoms with Crippen LogP contribution in [0, 0.1) is 5.82 Å². The molecule has 100 valence electrons. The molecule has 0 aliphatic carbocycles. The summed E-state index contributed by atoms with van der Waals surface area (Å²) in [6, 6.07) is 3.03. The summed E-state index contributed by atoms with van der Waals surface area (Å²) in [4.78, 5) is 2.06. The summed E-state index contributed by atoms with van der Waals surface area (Å²) in [5.74, 6) is 1.25. The number of anilines is 2. The highest BCUT2D eigenvalue weighted by Crippen LogP contribution is 2.36. The normalized spacial score (nSPS) is 18.8. The molecule has 0 unspecified atom stereocenters. The zero-order chi connectivity index (χ0) is 13.3. The minimum Gasteiger partial charge on any atom is -0.495 e. The van der Waals surface area contributed by atoms with Crippen LogP contribution in [0.4, 0.5) is 15.8 Å². The van der Waals surface area contributed by atoms with E-state index in [0.717, 1.165) is 18.8 Å². The summed E-state index contributed by atoms with van der Waals surface area (Å²) in [6.45, 7) is 6.02. The maximum absolute atomic E-state index is 14.0. The molecule has 1 aromatic rings. The minimum atomic E-state index is -0.281. The number of benzene rings is 1. The zero-order valence-corrected chi connectivity index (χ0v) is 11.8. The maximum atomic E-state index is 14.0. The van der Waals surface area contributed by atoms with Crippen molar-refractivity contribution in [1.82, 2.24) is 0 Å². The molecule has 5 heteroatoms. The number of ether oxygens (including phenoxy) is 1. The lowest BCUT2D eigenvalue weighted by molar-refractivity contribution is 0.416. The predicted molar refractivity (Wildman–Crippen MR) is 76.1 cm³/mol. The molecule has 0 atom stereocenters. The summed E-state index contributed by atoms with van der Waals surface area (Å²) >= 11 is 1.92. The Bertz CT molecular complexity index is 451. The van der Waals surface area contributed by atoms with Crippen LogP contribution < -0.4 is 15.4 Å². The molecule has 2 rings (SSSR count). The number of nitrogens with zero attached hydrogens (tertiary/aromatic N) is 1. The van der Waals surface area contributed by atoms with Crippen molar-refractivity contribution in [2.45, 2.75) is 18.6 Å². The highest BCUT2D eigenvalue weighted by molar-refractivity contribution is 8.00. The quantitative estimate of drug-likeness (QED) is 0.839. The van der Waals surface area contributed by atoms with Crippen molar-refractivity contribution in [1.29, 1.82) is 0 Å². The Morgan fingerprint density at radius 3 is 2.78 bits per heavy atom. The van der Waals surface area contributed by atoms with Crippen molar-refractivity contribution in [2.75, 3.05) is 36.6 Å². The van der Waals surface area contributed by atoms with Gasteiger partial charge >= 0.3 is 0 Å². The van der Waals surface area contributed by atoms with Crippen LogP contribution in [0.2, 0.25) is 0 Å². The van der Waals surface area contributed by atoms with Crippen molar-refractivity contribution < 1.29 is 9.13 Å². The largest absolute Gasteiger partial charge is 0.495 e. The fourth-order valence-corrected chi connectivity index (χ4v) is 3.31. The Balaban J connectivity index is 2.32. The summed E-state index contributed by atoms with van der Waals surface area (Å²) in [6.07, 6.45) is 0. The fraction of sp³-hybridized carbons (Fsp3) is 0.538. The van der Waals surface area contributed by atoms with Gasteiger partial charge in [-0.3, -0.25) is 0 Å². The van der Waals surface area contributed by atoms with Crippen LogP contribution >= 0.6 is 11.8 Å². The third kappa shape index (κ3) is 2.66. The van der Waals surface area contributed by atoms with E-state index in [4.69, 9.17) is 10.5 Å². The van der Waals surface area contributed by atoms with Gasteiger partial charge in [0.25, 0.3) is 0 Å². The highest BCUT2D eigenvalue weighted by Gasteiger charge is 2.28. The summed E-state index contributed by atoms with van der Waals surface area (Å²) in [5, 5.41) is 0. The van der Waals surface area contributed by atoms with Crippen LogP contribution in [0.1, 0.15) is 13.8 Å². The molecule has 2 N–H and O–H groups in total. The standard InChI is InChI=1S/C13H19FN2OS/c1-13(2)8-16(4-5-18-13)11-7-12(17-3)10(15)6-9(11)14/h6-7H,4-5,8,15H2,1-3H3. The number of methoxy groups -OCH3 is 1. The van der Waals surface area contributed by atoms with E-state index in [1.54, 1.807) is 13.2 Å². The molecule has 0 radical (unpaired) electrons. The number of hydrogen-bond acceptors (Lipinski definition) is 4. The Morgan fingerprint density at radius 1 is 1.44 bits per heavy atom. The first kappa shape index (κ1) is 13.3. The molecule has 1 aromatic carbocycles. The molecule has 0 saturated carbocycles. The molecule has 3 nitrogen and oxygen atoms in total. The van der Waals surface area contributed by atoms with Gasteiger partial charge in [-0.15, -0.1) is 0 Å². The van der Waals surface area contributed by atoms with E-state index in [9.17, 15) is 4.39 Å². The summed E-state index contributed by atoms with van der Waals surface area (Å²) in [7, 11) is 1.55. The topological polar surface area (TPSA) is 38.5 Å². The van der Waals surface area contributed by atoms with Gasteiger partial charge < -0.3 is 15.4 Å². The lowest BCUT2D eigenvalue weighted by Crippen LogP contribution is -2.43. The van der Waals surface area contributed by atoms with E-state index < -0.39 is 0 Å². The lowest BCUT2D eigenvalue weighted by Gasteiger charge is -2.39. The van der Waals surface area contributed by atoms with E-state index in [-0.39, 0.29) is 10.6 Å². The first-order valence-electron chi connectivity index (χ1n) is 5.95. The van der Waals surface area contributed by atoms with E-state index in [2.05, 4.69) is 18.7 Å². The van der Waals surface area contributed by atoms with Gasteiger partial charge in [0.2, 0.25) is 0 Å². The number of halogens is 1. The van der Waals surface area contributed by atoms with Crippen molar-refractivity contribution in [3.63, 3.8) is 0 Å². The van der Waals surface area contributed by atoms with Crippen molar-refractivity contribution in [2.24, 2.45) is 0 Å². The van der Waals surface area contributed by atoms with Gasteiger partial charge in [-0.1, -0.05) is 0 Å². The van der Waals surface area contributed by atoms with Crippen LogP contribution in [0.25, 0.3) is 0 Å². The number of nitrogens with two attached hydrogens (primary N) is 1. The van der Waals surface area contributed by atoms with Crippen LogP contribution in [0.15, 0.2) is 12.1 Å². The Kier molecular flexibility index (Phi) is 3.61. The molecule has 0 bridgehead atoms. The third-order valence-electron chi connectivity index (χ3n) is 3.07. The molecule has 18 heavy (non-hydrogen) atoms. The van der Waals surface area contributed by atoms with Crippen LogP contribution in [0.3, 0.4) is 0 Å². The fourth-order valence-electron chi connectivity index (χ4n) is 2.20. The average molecular weight is 270 g/mol. The Hall–Kier alpha value is -1.10. The van der Waals surface area contributed by atoms with Gasteiger partial charge in [0.1, 0.15) is 11.6 Å². The molecule has 1 aliphatic rings. The van der Waals surface area contributed by atoms with E-state index >= 15 is 0 Å². The van der Waals surface area contributed by atoms with Crippen LogP contribution in [0.5, 0.6) is 5.75 Å². The minimum absolute atomic E-state index is 0.138. The molecule has 0 aromatic heterocycles. The zero-order valence-electron chi connectivity index (χ0n) is 11.0. The first-order chi connectivity index (χ1) is 8.43. The molecule has 0 spiro atoms. The average Bonchev–Trinajstić information content (AvgIpc) is 2.27. The molecule has 1 heterocycles. The van der Waals surface area contributed by atoms with Crippen molar-refractivity contribution >= 4 is 23.1 Å². The van der Waals surface area contributed by atoms with E-state index in [1.807, 2.05) is 11.8 Å². The SMILES string of the molecule is COc1cc(N2CCSC(C)(C)C2)c(F)cc1N. The molecule has 1 fully saturated rings. The van der Waals surface area contributed by atoms with Gasteiger partial charge in [-0.25, -0.2) is 4.39 Å². The van der Waals surface area contributed by atoms with Gasteiger partial charge in [0, 0.05) is 35.7 Å². The van der Waals surface area contributed by atoms with Gasteiger partial charge in [0.15, 0.2) is 0 Å². The summed E-state index contributed by atoms with van der Waals surface area (Å²) < 4.78 is 19.3. The molecular formula is C13H19FN2OS. The highest BCUT2D eigenvalue weighted by atomic mass is 32.2. The number of nitrogen functional groups attached to an aromatic ring is 1. The Morgan fingerprint density at radius 2 is 2.17 bits per heavy atom. The van der Waals surface area contributed by atoms with Crippen LogP contribution in [-0.2, 0) is 0 Å². The predicted octanol–water partition coefficient (Wildman–Crippen LogP) is 2.75. The maximum Gasteiger partial charge on any atom is 0.148 e. The molecular weight excluding hydrogens is 251 g/mol. The Labute approximate surface area is 111 Å². The second-order valence-electron chi connectivity index (χ2n) is 5.08. The lowest BCUT2D eigenvalue weighted by atomic mass is 10.1. The van der Waals surface area contributed by atoms with Gasteiger partial charge in [0.05, 0.1) is 18.5 Å². The van der Waals surface area contributed by atoms with E-state index in [1.165, 1.54) is 6.07 Å². The number of thioether (sulfide) groups is 1. The van der Waals surface area contributed by atoms with Crippen molar-refractivity contribution in [3.8, 4) is 5.75 Å². The second-order valence-corrected chi connectivity index (χ2v) is 6.88. The molecule has 1 aliphatic heterocycles. The van der Waals surface area contributed by atoms with Crippen LogP contribution in [-0.4, -0.2) is 30.7 Å². The van der Waals surface area contributed by atoms with Gasteiger partial charge in [-0.05, 0) is 13.8 Å². The molecule has 1 saturated heterocycles.